The van der Waals surface area contributed by atoms with E-state index in [0.29, 0.717) is 6.42 Å². The van der Waals surface area contributed by atoms with Crippen molar-refractivity contribution in [2.24, 2.45) is 0 Å². The molecule has 0 rings (SSSR count). The maximum Gasteiger partial charge on any atom is 0.249 e. The van der Waals surface area contributed by atoms with E-state index >= 15 is 0 Å². The zero-order chi connectivity index (χ0) is 43.0. The predicted molar refractivity (Wildman–Crippen MR) is 259 cm³/mol. The lowest BCUT2D eigenvalue weighted by Crippen LogP contribution is -2.48. The van der Waals surface area contributed by atoms with Crippen LogP contribution in [0.25, 0.3) is 0 Å². The van der Waals surface area contributed by atoms with Crippen molar-refractivity contribution in [3.05, 3.63) is 36.5 Å². The first-order valence-electron chi connectivity index (χ1n) is 26.3. The highest BCUT2D eigenvalue weighted by atomic mass is 16.3. The molecule has 0 aliphatic carbocycles. The molecule has 59 heavy (non-hydrogen) atoms. The Labute approximate surface area is 368 Å². The zero-order valence-corrected chi connectivity index (χ0v) is 39.6. The fourth-order valence-corrected chi connectivity index (χ4v) is 8.08. The lowest BCUT2D eigenvalue weighted by Gasteiger charge is -2.21. The number of amides is 1. The van der Waals surface area contributed by atoms with Gasteiger partial charge < -0.3 is 20.6 Å². The van der Waals surface area contributed by atoms with E-state index in [9.17, 15) is 20.1 Å². The molecule has 0 aliphatic heterocycles. The van der Waals surface area contributed by atoms with Gasteiger partial charge in [0.05, 0.1) is 18.8 Å². The van der Waals surface area contributed by atoms with Crippen LogP contribution < -0.4 is 5.32 Å². The highest BCUT2D eigenvalue weighted by Gasteiger charge is 2.22. The standard InChI is InChI=1S/C54H103NO4/c1-3-5-7-9-11-13-15-17-19-21-23-25-26-27-29-31-33-35-37-39-41-43-45-47-49-53(58)54(59)55-51(50-56)52(57)48-46-44-42-40-38-36-34-32-30-28-24-22-20-18-16-14-12-10-8-6-4-2/h27,29,38,40,46,48,51-53,56-58H,3-26,28,30-37,39,41-45,47,49-50H2,1-2H3,(H,55,59)/b29-27-,40-38+,48-46+. The third-order valence-corrected chi connectivity index (χ3v) is 12.2. The van der Waals surface area contributed by atoms with Gasteiger partial charge in [-0.2, -0.15) is 0 Å². The number of carbonyl (C=O) groups is 1. The van der Waals surface area contributed by atoms with Gasteiger partial charge in [-0.3, -0.25) is 4.79 Å². The number of aliphatic hydroxyl groups is 3. The molecule has 5 heteroatoms. The molecule has 5 nitrogen and oxygen atoms in total. The first-order chi connectivity index (χ1) is 29.1. The molecule has 0 saturated heterocycles. The fraction of sp³-hybridized carbons (Fsp3) is 0.870. The Morgan fingerprint density at radius 2 is 0.695 bits per heavy atom. The monoisotopic (exact) mass is 830 g/mol. The Morgan fingerprint density at radius 1 is 0.407 bits per heavy atom. The van der Waals surface area contributed by atoms with Crippen molar-refractivity contribution in [3.8, 4) is 0 Å². The second kappa shape index (κ2) is 49.2. The lowest BCUT2D eigenvalue weighted by atomic mass is 10.0. The number of aliphatic hydroxyl groups excluding tert-OH is 3. The fourth-order valence-electron chi connectivity index (χ4n) is 8.08. The Bertz CT molecular complexity index is 916. The van der Waals surface area contributed by atoms with Gasteiger partial charge in [0, 0.05) is 0 Å². The molecule has 4 N–H and O–H groups in total. The van der Waals surface area contributed by atoms with Crippen LogP contribution in [0, 0.1) is 0 Å². The molecule has 0 aliphatic rings. The third kappa shape index (κ3) is 44.4. The summed E-state index contributed by atoms with van der Waals surface area (Å²) in [6.07, 6.45) is 63.5. The molecule has 348 valence electrons. The van der Waals surface area contributed by atoms with Gasteiger partial charge in [-0.1, -0.05) is 256 Å². The molecule has 0 aromatic carbocycles. The highest BCUT2D eigenvalue weighted by molar-refractivity contribution is 5.80. The summed E-state index contributed by atoms with van der Waals surface area (Å²) in [5, 5.41) is 33.3. The maximum atomic E-state index is 12.5. The second-order valence-electron chi connectivity index (χ2n) is 18.1. The minimum atomic E-state index is -1.11. The number of carbonyl (C=O) groups excluding carboxylic acids is 1. The summed E-state index contributed by atoms with van der Waals surface area (Å²) >= 11 is 0. The topological polar surface area (TPSA) is 89.8 Å². The average Bonchev–Trinajstić information content (AvgIpc) is 3.24. The van der Waals surface area contributed by atoms with Crippen LogP contribution in [0.15, 0.2) is 36.5 Å². The van der Waals surface area contributed by atoms with E-state index in [1.807, 2.05) is 6.08 Å². The van der Waals surface area contributed by atoms with Gasteiger partial charge in [-0.15, -0.1) is 0 Å². The maximum absolute atomic E-state index is 12.5. The summed E-state index contributed by atoms with van der Waals surface area (Å²) in [5.74, 6) is -0.513. The van der Waals surface area contributed by atoms with Gasteiger partial charge >= 0.3 is 0 Å². The number of unbranched alkanes of at least 4 members (excludes halogenated alkanes) is 36. The summed E-state index contributed by atoms with van der Waals surface area (Å²) in [6, 6.07) is -0.816. The number of rotatable bonds is 48. The molecular weight excluding hydrogens is 727 g/mol. The molecule has 0 aromatic heterocycles. The molecule has 0 saturated carbocycles. The van der Waals surface area contributed by atoms with Crippen molar-refractivity contribution in [2.45, 2.75) is 295 Å². The van der Waals surface area contributed by atoms with Crippen LogP contribution in [0.5, 0.6) is 0 Å². The van der Waals surface area contributed by atoms with E-state index in [1.165, 1.54) is 218 Å². The van der Waals surface area contributed by atoms with E-state index in [0.717, 1.165) is 38.5 Å². The summed E-state index contributed by atoms with van der Waals surface area (Å²) in [4.78, 5) is 12.5. The van der Waals surface area contributed by atoms with Crippen LogP contribution in [0.4, 0.5) is 0 Å². The minimum absolute atomic E-state index is 0.376. The van der Waals surface area contributed by atoms with Gasteiger partial charge in [-0.25, -0.2) is 0 Å². The van der Waals surface area contributed by atoms with Crippen molar-refractivity contribution in [2.75, 3.05) is 6.61 Å². The number of allylic oxidation sites excluding steroid dienone is 5. The first-order valence-corrected chi connectivity index (χ1v) is 26.3. The Hall–Kier alpha value is -1.43. The SMILES string of the molecule is CCCCCCCCCCCCCC/C=C\CCCCCCCCCCC(O)C(=O)NC(CO)C(O)/C=C/CC/C=C/CCCCCCCCCCCCCCCCC. The smallest absolute Gasteiger partial charge is 0.249 e. The van der Waals surface area contributed by atoms with E-state index in [1.54, 1.807) is 6.08 Å². The predicted octanol–water partition coefficient (Wildman–Crippen LogP) is 15.9. The van der Waals surface area contributed by atoms with Crippen molar-refractivity contribution >= 4 is 5.91 Å². The Balaban J connectivity index is 3.64. The molecule has 0 heterocycles. The molecule has 0 bridgehead atoms. The molecule has 3 atom stereocenters. The van der Waals surface area contributed by atoms with Crippen molar-refractivity contribution in [1.82, 2.24) is 5.32 Å². The van der Waals surface area contributed by atoms with Gasteiger partial charge in [-0.05, 0) is 57.8 Å². The Morgan fingerprint density at radius 3 is 1.03 bits per heavy atom. The van der Waals surface area contributed by atoms with Crippen LogP contribution in [-0.2, 0) is 4.79 Å². The summed E-state index contributed by atoms with van der Waals surface area (Å²) in [6.45, 7) is 4.20. The van der Waals surface area contributed by atoms with E-state index in [4.69, 9.17) is 0 Å². The summed E-state index contributed by atoms with van der Waals surface area (Å²) in [7, 11) is 0. The normalized spacial score (nSPS) is 13.6. The molecule has 0 radical (unpaired) electrons. The van der Waals surface area contributed by atoms with Crippen molar-refractivity contribution in [3.63, 3.8) is 0 Å². The van der Waals surface area contributed by atoms with Crippen LogP contribution in [-0.4, -0.2) is 46.1 Å². The lowest BCUT2D eigenvalue weighted by molar-refractivity contribution is -0.131. The van der Waals surface area contributed by atoms with Crippen LogP contribution >= 0.6 is 0 Å². The summed E-state index contributed by atoms with van der Waals surface area (Å²) < 4.78 is 0. The number of nitrogens with one attached hydrogen (secondary N) is 1. The minimum Gasteiger partial charge on any atom is -0.394 e. The highest BCUT2D eigenvalue weighted by Crippen LogP contribution is 2.16. The largest absolute Gasteiger partial charge is 0.394 e. The zero-order valence-electron chi connectivity index (χ0n) is 39.6. The molecular formula is C54H103NO4. The van der Waals surface area contributed by atoms with Crippen molar-refractivity contribution in [1.29, 1.82) is 0 Å². The molecule has 0 spiro atoms. The number of hydrogen-bond donors (Lipinski definition) is 4. The van der Waals surface area contributed by atoms with Crippen LogP contribution in [0.3, 0.4) is 0 Å². The third-order valence-electron chi connectivity index (χ3n) is 12.2. The van der Waals surface area contributed by atoms with Crippen molar-refractivity contribution < 1.29 is 20.1 Å². The molecule has 0 aromatic rings. The van der Waals surface area contributed by atoms with Gasteiger partial charge in [0.25, 0.3) is 0 Å². The van der Waals surface area contributed by atoms with Gasteiger partial charge in [0.1, 0.15) is 6.10 Å². The average molecular weight is 830 g/mol. The summed E-state index contributed by atoms with van der Waals surface area (Å²) in [5.41, 5.74) is 0. The van der Waals surface area contributed by atoms with E-state index < -0.39 is 24.2 Å². The first kappa shape index (κ1) is 57.6. The quantitative estimate of drug-likeness (QED) is 0.0363. The molecule has 1 amide bonds. The molecule has 3 unspecified atom stereocenters. The van der Waals surface area contributed by atoms with Crippen LogP contribution in [0.1, 0.15) is 277 Å². The second-order valence-corrected chi connectivity index (χ2v) is 18.1. The van der Waals surface area contributed by atoms with E-state index in [-0.39, 0.29) is 6.61 Å². The molecule has 0 fully saturated rings. The number of hydrogen-bond acceptors (Lipinski definition) is 4. The Kier molecular flexibility index (Phi) is 48.0. The van der Waals surface area contributed by atoms with E-state index in [2.05, 4.69) is 43.5 Å². The van der Waals surface area contributed by atoms with Gasteiger partial charge in [0.15, 0.2) is 0 Å². The van der Waals surface area contributed by atoms with Gasteiger partial charge in [0.2, 0.25) is 5.91 Å². The van der Waals surface area contributed by atoms with Crippen LogP contribution in [0.2, 0.25) is 0 Å².